The van der Waals surface area contributed by atoms with Crippen LogP contribution in [0.4, 0.5) is 0 Å². The number of amides is 1. The standard InChI is InChI=1S/C11H16N2O/c1-9(13(2)8-11(12)14)10-6-4-3-5-7-10/h3-7,9H,8H2,1-2H3,(H2,12,14)/t9-/m1/s1. The topological polar surface area (TPSA) is 46.3 Å². The van der Waals surface area contributed by atoms with E-state index in [2.05, 4.69) is 6.92 Å². The first-order chi connectivity index (χ1) is 6.61. The zero-order valence-corrected chi connectivity index (χ0v) is 8.60. The van der Waals surface area contributed by atoms with E-state index < -0.39 is 0 Å². The van der Waals surface area contributed by atoms with Crippen molar-refractivity contribution in [2.24, 2.45) is 5.73 Å². The highest BCUT2D eigenvalue weighted by Crippen LogP contribution is 2.17. The molecule has 0 aliphatic rings. The number of carbonyl (C=O) groups is 1. The first-order valence-electron chi connectivity index (χ1n) is 4.64. The van der Waals surface area contributed by atoms with Crippen LogP contribution >= 0.6 is 0 Å². The molecule has 1 atom stereocenters. The summed E-state index contributed by atoms with van der Waals surface area (Å²) in [6.45, 7) is 2.34. The molecule has 1 aromatic carbocycles. The molecule has 0 spiro atoms. The summed E-state index contributed by atoms with van der Waals surface area (Å²) in [5.41, 5.74) is 6.32. The molecule has 3 heteroatoms. The predicted octanol–water partition coefficient (Wildman–Crippen LogP) is 1.16. The van der Waals surface area contributed by atoms with Gasteiger partial charge in [0.25, 0.3) is 0 Å². The summed E-state index contributed by atoms with van der Waals surface area (Å²) in [6.07, 6.45) is 0. The SMILES string of the molecule is C[C@H](c1ccccc1)N(C)CC(N)=O. The summed E-state index contributed by atoms with van der Waals surface area (Å²) in [5.74, 6) is -0.296. The summed E-state index contributed by atoms with van der Waals surface area (Å²) in [7, 11) is 1.89. The second-order valence-corrected chi connectivity index (χ2v) is 3.47. The lowest BCUT2D eigenvalue weighted by Gasteiger charge is -2.23. The molecule has 0 aromatic heterocycles. The Bertz CT molecular complexity index is 297. The fraction of sp³-hybridized carbons (Fsp3) is 0.364. The molecule has 1 amide bonds. The van der Waals surface area contributed by atoms with Crippen LogP contribution in [0.5, 0.6) is 0 Å². The van der Waals surface area contributed by atoms with E-state index in [4.69, 9.17) is 5.73 Å². The van der Waals surface area contributed by atoms with Crippen LogP contribution in [0, 0.1) is 0 Å². The Morgan fingerprint density at radius 1 is 1.43 bits per heavy atom. The maximum atomic E-state index is 10.7. The van der Waals surface area contributed by atoms with Gasteiger partial charge in [-0.15, -0.1) is 0 Å². The van der Waals surface area contributed by atoms with Crippen LogP contribution in [0.1, 0.15) is 18.5 Å². The zero-order valence-electron chi connectivity index (χ0n) is 8.60. The van der Waals surface area contributed by atoms with Gasteiger partial charge in [0.2, 0.25) is 5.91 Å². The van der Waals surface area contributed by atoms with E-state index in [0.717, 1.165) is 0 Å². The van der Waals surface area contributed by atoms with E-state index in [9.17, 15) is 4.79 Å². The van der Waals surface area contributed by atoms with Gasteiger partial charge in [0, 0.05) is 6.04 Å². The van der Waals surface area contributed by atoms with Gasteiger partial charge in [-0.3, -0.25) is 9.69 Å². The van der Waals surface area contributed by atoms with Crippen molar-refractivity contribution in [2.45, 2.75) is 13.0 Å². The van der Waals surface area contributed by atoms with Crippen molar-refractivity contribution in [1.29, 1.82) is 0 Å². The highest BCUT2D eigenvalue weighted by atomic mass is 16.1. The summed E-state index contributed by atoms with van der Waals surface area (Å²) in [4.78, 5) is 12.7. The van der Waals surface area contributed by atoms with Crippen molar-refractivity contribution in [1.82, 2.24) is 4.90 Å². The van der Waals surface area contributed by atoms with E-state index in [-0.39, 0.29) is 18.5 Å². The minimum atomic E-state index is -0.296. The fourth-order valence-corrected chi connectivity index (χ4v) is 1.37. The van der Waals surface area contributed by atoms with E-state index in [1.165, 1.54) is 5.56 Å². The van der Waals surface area contributed by atoms with Crippen molar-refractivity contribution in [3.8, 4) is 0 Å². The number of hydrogen-bond acceptors (Lipinski definition) is 2. The predicted molar refractivity (Wildman–Crippen MR) is 56.7 cm³/mol. The Labute approximate surface area is 84.5 Å². The van der Waals surface area contributed by atoms with E-state index in [0.29, 0.717) is 0 Å². The lowest BCUT2D eigenvalue weighted by atomic mass is 10.1. The van der Waals surface area contributed by atoms with Gasteiger partial charge < -0.3 is 5.73 Å². The molecule has 0 unspecified atom stereocenters. The second-order valence-electron chi connectivity index (χ2n) is 3.47. The highest BCUT2D eigenvalue weighted by molar-refractivity contribution is 5.75. The highest BCUT2D eigenvalue weighted by Gasteiger charge is 2.12. The monoisotopic (exact) mass is 192 g/mol. The van der Waals surface area contributed by atoms with Gasteiger partial charge in [-0.2, -0.15) is 0 Å². The average Bonchev–Trinajstić information content (AvgIpc) is 2.17. The Morgan fingerprint density at radius 3 is 2.50 bits per heavy atom. The van der Waals surface area contributed by atoms with Gasteiger partial charge in [0.05, 0.1) is 6.54 Å². The maximum absolute atomic E-state index is 10.7. The fourth-order valence-electron chi connectivity index (χ4n) is 1.37. The van der Waals surface area contributed by atoms with Crippen molar-refractivity contribution in [3.05, 3.63) is 35.9 Å². The maximum Gasteiger partial charge on any atom is 0.231 e. The third-order valence-corrected chi connectivity index (χ3v) is 2.35. The van der Waals surface area contributed by atoms with Crippen LogP contribution in [-0.2, 0) is 4.79 Å². The van der Waals surface area contributed by atoms with Crippen LogP contribution in [-0.4, -0.2) is 24.4 Å². The van der Waals surface area contributed by atoms with Crippen molar-refractivity contribution < 1.29 is 4.79 Å². The molecular formula is C11H16N2O. The van der Waals surface area contributed by atoms with Gasteiger partial charge in [0.1, 0.15) is 0 Å². The number of hydrogen-bond donors (Lipinski definition) is 1. The Morgan fingerprint density at radius 2 is 2.00 bits per heavy atom. The smallest absolute Gasteiger partial charge is 0.231 e. The Balaban J connectivity index is 2.65. The van der Waals surface area contributed by atoms with Crippen LogP contribution < -0.4 is 5.73 Å². The van der Waals surface area contributed by atoms with Crippen LogP contribution in [0.25, 0.3) is 0 Å². The molecule has 3 nitrogen and oxygen atoms in total. The zero-order chi connectivity index (χ0) is 10.6. The molecule has 76 valence electrons. The van der Waals surface area contributed by atoms with Gasteiger partial charge in [0.15, 0.2) is 0 Å². The third-order valence-electron chi connectivity index (χ3n) is 2.35. The van der Waals surface area contributed by atoms with Crippen molar-refractivity contribution in [2.75, 3.05) is 13.6 Å². The summed E-state index contributed by atoms with van der Waals surface area (Å²) in [5, 5.41) is 0. The molecule has 0 fully saturated rings. The quantitative estimate of drug-likeness (QED) is 0.778. The average molecular weight is 192 g/mol. The summed E-state index contributed by atoms with van der Waals surface area (Å²) in [6, 6.07) is 10.3. The molecule has 1 rings (SSSR count). The minimum Gasteiger partial charge on any atom is -0.369 e. The Kier molecular flexibility index (Phi) is 3.65. The lowest BCUT2D eigenvalue weighted by Crippen LogP contribution is -2.32. The molecule has 1 aromatic rings. The third kappa shape index (κ3) is 2.85. The van der Waals surface area contributed by atoms with Crippen molar-refractivity contribution >= 4 is 5.91 Å². The van der Waals surface area contributed by atoms with Crippen molar-refractivity contribution in [3.63, 3.8) is 0 Å². The summed E-state index contributed by atoms with van der Waals surface area (Å²) >= 11 is 0. The Hall–Kier alpha value is -1.35. The van der Waals surface area contributed by atoms with Gasteiger partial charge >= 0.3 is 0 Å². The molecule has 0 saturated heterocycles. The number of primary amides is 1. The van der Waals surface area contributed by atoms with Gasteiger partial charge in [-0.1, -0.05) is 30.3 Å². The molecular weight excluding hydrogens is 176 g/mol. The normalized spacial score (nSPS) is 12.8. The number of likely N-dealkylation sites (N-methyl/N-ethyl adjacent to an activating group) is 1. The summed E-state index contributed by atoms with van der Waals surface area (Å²) < 4.78 is 0. The lowest BCUT2D eigenvalue weighted by molar-refractivity contribution is -0.119. The molecule has 0 aliphatic heterocycles. The van der Waals surface area contributed by atoms with Crippen LogP contribution in [0.15, 0.2) is 30.3 Å². The number of nitrogens with two attached hydrogens (primary N) is 1. The van der Waals surface area contributed by atoms with Gasteiger partial charge in [-0.25, -0.2) is 0 Å². The number of benzene rings is 1. The second kappa shape index (κ2) is 4.77. The molecule has 0 saturated carbocycles. The first-order valence-corrected chi connectivity index (χ1v) is 4.64. The molecule has 0 radical (unpaired) electrons. The minimum absolute atomic E-state index is 0.212. The number of nitrogens with zero attached hydrogens (tertiary/aromatic N) is 1. The van der Waals surface area contributed by atoms with Crippen LogP contribution in [0.2, 0.25) is 0 Å². The first kappa shape index (κ1) is 10.7. The molecule has 2 N–H and O–H groups in total. The van der Waals surface area contributed by atoms with E-state index in [1.54, 1.807) is 0 Å². The number of carbonyl (C=O) groups excluding carboxylic acids is 1. The van der Waals surface area contributed by atoms with E-state index >= 15 is 0 Å². The van der Waals surface area contributed by atoms with E-state index in [1.807, 2.05) is 42.3 Å². The molecule has 0 heterocycles. The number of rotatable bonds is 4. The largest absolute Gasteiger partial charge is 0.369 e. The molecule has 0 bridgehead atoms. The molecule has 14 heavy (non-hydrogen) atoms. The van der Waals surface area contributed by atoms with Crippen LogP contribution in [0.3, 0.4) is 0 Å². The van der Waals surface area contributed by atoms with Gasteiger partial charge in [-0.05, 0) is 19.5 Å². The molecule has 0 aliphatic carbocycles.